The summed E-state index contributed by atoms with van der Waals surface area (Å²) in [7, 11) is -13.4. The first-order chi connectivity index (χ1) is 29.6. The van der Waals surface area contributed by atoms with Gasteiger partial charge in [0.2, 0.25) is 0 Å². The molecule has 0 aliphatic heterocycles. The fourth-order valence-electron chi connectivity index (χ4n) is 3.46. The van der Waals surface area contributed by atoms with E-state index in [2.05, 4.69) is 56.8 Å². The quantitative estimate of drug-likeness (QED) is 0.0816. The molecule has 5 aromatic heterocycles. The number of sulfone groups is 4. The van der Waals surface area contributed by atoms with Crippen LogP contribution in [0.1, 0.15) is 0 Å². The number of nitrogens with zero attached hydrogens (tertiary/aromatic N) is 7. The monoisotopic (exact) mass is 1140 g/mol. The minimum absolute atomic E-state index is 0.0172. The van der Waals surface area contributed by atoms with Crippen LogP contribution >= 0.6 is 43.6 Å². The van der Waals surface area contributed by atoms with Crippen molar-refractivity contribution >= 4 is 117 Å². The Balaban J connectivity index is 0.000000412. The molecule has 0 fully saturated rings. The zero-order valence-electron chi connectivity index (χ0n) is 33.5. The number of carbonyl (C=O) groups is 1. The highest BCUT2D eigenvalue weighted by molar-refractivity contribution is 9.10. The highest BCUT2D eigenvalue weighted by atomic mass is 79.9. The van der Waals surface area contributed by atoms with Crippen molar-refractivity contribution in [2.45, 2.75) is 31.3 Å². The Labute approximate surface area is 389 Å². The molecule has 5 N–H and O–H groups in total. The Kier molecular flexibility index (Phi) is 21.4. The van der Waals surface area contributed by atoms with Gasteiger partial charge in [0.05, 0.1) is 38.1 Å². The Hall–Kier alpha value is -5.48. The lowest BCUT2D eigenvalue weighted by Gasteiger charge is -2.09. The number of nitro groups is 2. The van der Waals surface area contributed by atoms with Gasteiger partial charge in [0.25, 0.3) is 11.4 Å². The molecule has 5 heterocycles. The Bertz CT molecular complexity index is 2940. The highest BCUT2D eigenvalue weighted by Crippen LogP contribution is 2.25. The van der Waals surface area contributed by atoms with Gasteiger partial charge in [0.1, 0.15) is 21.6 Å². The molecule has 0 spiro atoms. The Morgan fingerprint density at radius 1 is 0.631 bits per heavy atom. The average Bonchev–Trinajstić information content (AvgIpc) is 3.19. The lowest BCUT2D eigenvalue weighted by atomic mass is 10.4. The van der Waals surface area contributed by atoms with Gasteiger partial charge in [0, 0.05) is 37.2 Å². The van der Waals surface area contributed by atoms with Crippen molar-refractivity contribution in [1.29, 1.82) is 0 Å². The van der Waals surface area contributed by atoms with Crippen molar-refractivity contribution in [1.82, 2.24) is 24.9 Å². The van der Waals surface area contributed by atoms with Gasteiger partial charge in [-0.3, -0.25) is 25.0 Å². The number of aromatic nitrogens is 5. The van der Waals surface area contributed by atoms with E-state index in [4.69, 9.17) is 11.5 Å². The second kappa shape index (κ2) is 24.2. The number of anilines is 3. The minimum atomic E-state index is -5.03. The molecule has 0 bridgehead atoms. The zero-order valence-corrected chi connectivity index (χ0v) is 40.8. The maximum atomic E-state index is 12.0. The fourth-order valence-corrected chi connectivity index (χ4v) is 7.06. The van der Waals surface area contributed by atoms with Crippen LogP contribution in [0.3, 0.4) is 0 Å². The molecule has 1 amide bonds. The van der Waals surface area contributed by atoms with Crippen LogP contribution in [0.4, 0.5) is 41.6 Å². The highest BCUT2D eigenvalue weighted by Gasteiger charge is 2.39. The van der Waals surface area contributed by atoms with Crippen LogP contribution in [0.15, 0.2) is 114 Å². The second-order valence-electron chi connectivity index (χ2n) is 11.9. The lowest BCUT2D eigenvalue weighted by molar-refractivity contribution is -0.385. The third-order valence-electron chi connectivity index (χ3n) is 6.53. The van der Waals surface area contributed by atoms with Gasteiger partial charge in [0.15, 0.2) is 59.5 Å². The number of hydrogen-bond donors (Lipinski definition) is 3. The van der Waals surface area contributed by atoms with E-state index in [1.165, 1.54) is 54.5 Å². The molecular formula is C32H33Br2F3N10O13S5. The van der Waals surface area contributed by atoms with Crippen LogP contribution in [-0.2, 0) is 44.1 Å². The normalized spacial score (nSPS) is 11.3. The summed E-state index contributed by atoms with van der Waals surface area (Å²) < 4.78 is 124. The zero-order chi connectivity index (χ0) is 50.3. The van der Waals surface area contributed by atoms with Crippen molar-refractivity contribution < 1.29 is 61.5 Å². The van der Waals surface area contributed by atoms with Crippen molar-refractivity contribution in [3.8, 4) is 0 Å². The van der Waals surface area contributed by atoms with Crippen LogP contribution in [-0.4, -0.2) is 112 Å². The molecule has 0 saturated heterocycles. The van der Waals surface area contributed by atoms with Crippen LogP contribution in [0.5, 0.6) is 0 Å². The van der Waals surface area contributed by atoms with Crippen molar-refractivity contribution in [3.05, 3.63) is 109 Å². The van der Waals surface area contributed by atoms with Crippen molar-refractivity contribution in [2.24, 2.45) is 0 Å². The molecule has 0 atom stereocenters. The molecule has 23 nitrogen and oxygen atoms in total. The number of nitrogens with one attached hydrogen (secondary N) is 1. The summed E-state index contributed by atoms with van der Waals surface area (Å²) in [4.78, 5) is 48.1. The first kappa shape index (κ1) is 57.5. The van der Waals surface area contributed by atoms with Gasteiger partial charge in [-0.1, -0.05) is 0 Å². The van der Waals surface area contributed by atoms with Crippen LogP contribution < -0.4 is 16.8 Å². The van der Waals surface area contributed by atoms with E-state index in [0.717, 1.165) is 60.5 Å². The Morgan fingerprint density at radius 3 is 1.35 bits per heavy atom. The summed E-state index contributed by atoms with van der Waals surface area (Å²) >= 11 is 7.27. The summed E-state index contributed by atoms with van der Waals surface area (Å²) in [6, 6.07) is 13.0. The van der Waals surface area contributed by atoms with E-state index in [0.29, 0.717) is 16.0 Å². The summed E-state index contributed by atoms with van der Waals surface area (Å²) in [5.41, 5.74) is 11.1. The molecule has 354 valence electrons. The van der Waals surface area contributed by atoms with E-state index in [-0.39, 0.29) is 41.8 Å². The maximum absolute atomic E-state index is 12.0. The molecule has 0 aromatic carbocycles. The standard InChI is InChI=1S/C8H6BrF3N2O3S.C6H7BrN2O2S.C6H6N2O4S.C6H8N2O2S.C6H6N2O2S/c1-18(16,17)5-3-2-4(6(9)14-5)13-7(15)8(10,11)12;1-12(10,11)5-3-2-4(8)6(7)9-5;1-13(11,12)6-3-2-5(4-7-6)8(9)10;1-11(9,10)6-3-2-5(7)4-8-6;1-11-6-3-2-5(4-7-6)8(9)10/h2-3H,1H3,(H,13,15);2-3H,8H2,1H3;2-4H,1H3;2-4H,7H2,1H3;2-4H,1H3. The predicted octanol–water partition coefficient (Wildman–Crippen LogP) is 4.75. The summed E-state index contributed by atoms with van der Waals surface area (Å²) in [6.45, 7) is 0. The molecule has 0 unspecified atom stereocenters. The van der Waals surface area contributed by atoms with E-state index in [9.17, 15) is 71.9 Å². The number of rotatable bonds is 8. The van der Waals surface area contributed by atoms with Crippen molar-refractivity contribution in [3.63, 3.8) is 0 Å². The summed E-state index contributed by atoms with van der Waals surface area (Å²) in [5, 5.41) is 22.3. The predicted molar refractivity (Wildman–Crippen MR) is 238 cm³/mol. The first-order valence-corrected chi connectivity index (χ1v) is 26.7. The number of hydrogen-bond acceptors (Lipinski definition) is 21. The number of nitrogens with two attached hydrogens (primary N) is 2. The van der Waals surface area contributed by atoms with Gasteiger partial charge < -0.3 is 16.8 Å². The third kappa shape index (κ3) is 20.9. The molecule has 5 rings (SSSR count). The Morgan fingerprint density at radius 2 is 1.03 bits per heavy atom. The molecule has 0 aliphatic carbocycles. The fraction of sp³-hybridized carbons (Fsp3) is 0.188. The van der Waals surface area contributed by atoms with Gasteiger partial charge in [-0.05, 0) is 86.6 Å². The number of pyridine rings is 5. The van der Waals surface area contributed by atoms with Gasteiger partial charge in [-0.25, -0.2) is 58.6 Å². The molecule has 0 radical (unpaired) electrons. The number of amides is 1. The van der Waals surface area contributed by atoms with Gasteiger partial charge in [-0.15, -0.1) is 11.8 Å². The van der Waals surface area contributed by atoms with Crippen molar-refractivity contribution in [2.75, 3.05) is 48.1 Å². The number of halogens is 5. The average molecular weight is 1140 g/mol. The van der Waals surface area contributed by atoms with Crippen LogP contribution in [0.2, 0.25) is 0 Å². The smallest absolute Gasteiger partial charge is 0.397 e. The first-order valence-electron chi connectivity index (χ1n) is 16.3. The number of carbonyl (C=O) groups excluding carboxylic acids is 1. The van der Waals surface area contributed by atoms with Gasteiger partial charge >= 0.3 is 12.1 Å². The molecule has 0 saturated carbocycles. The summed E-state index contributed by atoms with van der Waals surface area (Å²) in [6.07, 6.45) is 4.40. The largest absolute Gasteiger partial charge is 0.471 e. The number of thioether (sulfide) groups is 1. The number of alkyl halides is 3. The van der Waals surface area contributed by atoms with Crippen LogP contribution in [0, 0.1) is 20.2 Å². The van der Waals surface area contributed by atoms with Crippen LogP contribution in [0.25, 0.3) is 0 Å². The molecule has 33 heteroatoms. The second-order valence-corrected chi connectivity index (χ2v) is 22.1. The van der Waals surface area contributed by atoms with E-state index >= 15 is 0 Å². The van der Waals surface area contributed by atoms with Gasteiger partial charge in [-0.2, -0.15) is 13.2 Å². The molecular weight excluding hydrogens is 1110 g/mol. The van der Waals surface area contributed by atoms with E-state index in [1.807, 2.05) is 6.26 Å². The minimum Gasteiger partial charge on any atom is -0.397 e. The summed E-state index contributed by atoms with van der Waals surface area (Å²) in [5.74, 6) is -2.17. The maximum Gasteiger partial charge on any atom is 0.471 e. The third-order valence-corrected chi connectivity index (χ3v) is 12.4. The molecule has 0 aliphatic rings. The SMILES string of the molecule is CS(=O)(=O)c1ccc(N)c(Br)n1.CS(=O)(=O)c1ccc(N)cn1.CS(=O)(=O)c1ccc(NC(=O)C(F)(F)F)c(Br)n1.CS(=O)(=O)c1ccc([N+](=O)[O-])cn1.CSc1ccc([N+](=O)[O-])cn1. The molecule has 5 aromatic rings. The van der Waals surface area contributed by atoms with E-state index in [1.54, 1.807) is 11.4 Å². The topological polar surface area (TPSA) is 368 Å². The number of nitrogen functional groups attached to an aromatic ring is 2. The van der Waals surface area contributed by atoms with E-state index < -0.39 is 61.3 Å². The lowest BCUT2D eigenvalue weighted by Crippen LogP contribution is -2.30. The molecule has 65 heavy (non-hydrogen) atoms.